The number of hydrogen-bond acceptors (Lipinski definition) is 3. The first-order valence-corrected chi connectivity index (χ1v) is 6.35. The van der Waals surface area contributed by atoms with Crippen LogP contribution in [0.3, 0.4) is 0 Å². The second-order valence-corrected chi connectivity index (χ2v) is 4.46. The lowest BCUT2D eigenvalue weighted by molar-refractivity contribution is 0.220. The molecule has 0 atom stereocenters. The van der Waals surface area contributed by atoms with Crippen LogP contribution in [-0.4, -0.2) is 30.1 Å². The van der Waals surface area contributed by atoms with Gasteiger partial charge in [0.2, 0.25) is 0 Å². The van der Waals surface area contributed by atoms with Crippen molar-refractivity contribution < 1.29 is 13.9 Å². The van der Waals surface area contributed by atoms with Crippen LogP contribution in [0, 0.1) is 5.82 Å². The third kappa shape index (κ3) is 3.92. The van der Waals surface area contributed by atoms with E-state index in [2.05, 4.69) is 10.3 Å². The molecule has 0 spiro atoms. The monoisotopic (exact) mass is 289 g/mol. The highest BCUT2D eigenvalue weighted by atomic mass is 19.1. The largest absolute Gasteiger partial charge is 0.494 e. The molecule has 21 heavy (non-hydrogen) atoms. The Hall–Kier alpha value is -2.63. The highest BCUT2D eigenvalue weighted by molar-refractivity contribution is 5.89. The number of halogens is 1. The molecule has 1 N–H and O–H groups in total. The van der Waals surface area contributed by atoms with E-state index in [9.17, 15) is 9.18 Å². The molecule has 1 heterocycles. The van der Waals surface area contributed by atoms with Crippen molar-refractivity contribution in [2.75, 3.05) is 19.5 Å². The lowest BCUT2D eigenvalue weighted by atomic mass is 10.3. The first-order valence-electron chi connectivity index (χ1n) is 6.35. The second-order valence-electron chi connectivity index (χ2n) is 4.46. The van der Waals surface area contributed by atoms with E-state index in [1.807, 2.05) is 18.2 Å². The van der Waals surface area contributed by atoms with Gasteiger partial charge in [0, 0.05) is 25.0 Å². The van der Waals surface area contributed by atoms with Gasteiger partial charge in [0.15, 0.2) is 11.6 Å². The number of nitrogens with zero attached hydrogens (tertiary/aromatic N) is 2. The zero-order chi connectivity index (χ0) is 15.2. The fourth-order valence-electron chi connectivity index (χ4n) is 1.77. The Balaban J connectivity index is 1.99. The quantitative estimate of drug-likeness (QED) is 0.941. The van der Waals surface area contributed by atoms with Crippen LogP contribution in [-0.2, 0) is 6.54 Å². The number of methoxy groups -OCH3 is 1. The summed E-state index contributed by atoms with van der Waals surface area (Å²) < 4.78 is 18.4. The maximum Gasteiger partial charge on any atom is 0.321 e. The minimum atomic E-state index is -0.525. The van der Waals surface area contributed by atoms with E-state index in [1.165, 1.54) is 24.1 Å². The number of urea groups is 1. The molecule has 0 unspecified atom stereocenters. The standard InChI is InChI=1S/C15H16FN3O2/c1-19(10-12-5-3-4-8-17-12)15(20)18-11-6-7-14(21-2)13(16)9-11/h3-9H,10H2,1-2H3,(H,18,20). The Morgan fingerprint density at radius 2 is 2.19 bits per heavy atom. The number of aromatic nitrogens is 1. The second kappa shape index (κ2) is 6.69. The Morgan fingerprint density at radius 3 is 2.81 bits per heavy atom. The van der Waals surface area contributed by atoms with Crippen molar-refractivity contribution in [3.05, 3.63) is 54.1 Å². The zero-order valence-corrected chi connectivity index (χ0v) is 11.8. The molecule has 110 valence electrons. The van der Waals surface area contributed by atoms with Crippen molar-refractivity contribution in [1.82, 2.24) is 9.88 Å². The molecule has 0 aliphatic heterocycles. The molecular weight excluding hydrogens is 273 g/mol. The van der Waals surface area contributed by atoms with Gasteiger partial charge in [-0.25, -0.2) is 9.18 Å². The number of amides is 2. The lowest BCUT2D eigenvalue weighted by Crippen LogP contribution is -2.31. The van der Waals surface area contributed by atoms with Gasteiger partial charge in [0.1, 0.15) is 0 Å². The van der Waals surface area contributed by atoms with Crippen molar-refractivity contribution >= 4 is 11.7 Å². The highest BCUT2D eigenvalue weighted by Gasteiger charge is 2.11. The Kier molecular flexibility index (Phi) is 4.71. The smallest absolute Gasteiger partial charge is 0.321 e. The molecule has 0 radical (unpaired) electrons. The van der Waals surface area contributed by atoms with E-state index in [1.54, 1.807) is 19.3 Å². The molecule has 0 saturated carbocycles. The minimum Gasteiger partial charge on any atom is -0.494 e. The van der Waals surface area contributed by atoms with Crippen LogP contribution in [0.15, 0.2) is 42.6 Å². The van der Waals surface area contributed by atoms with Gasteiger partial charge in [-0.2, -0.15) is 0 Å². The summed E-state index contributed by atoms with van der Waals surface area (Å²) in [6.45, 7) is 0.366. The Morgan fingerprint density at radius 1 is 1.38 bits per heavy atom. The Labute approximate surface area is 122 Å². The molecule has 0 saturated heterocycles. The van der Waals surface area contributed by atoms with Gasteiger partial charge in [-0.05, 0) is 24.3 Å². The number of rotatable bonds is 4. The number of anilines is 1. The number of benzene rings is 1. The van der Waals surface area contributed by atoms with Crippen molar-refractivity contribution in [2.24, 2.45) is 0 Å². The first-order chi connectivity index (χ1) is 10.1. The number of ether oxygens (including phenoxy) is 1. The number of nitrogens with one attached hydrogen (secondary N) is 1. The van der Waals surface area contributed by atoms with Gasteiger partial charge in [-0.1, -0.05) is 6.07 Å². The molecular formula is C15H16FN3O2. The van der Waals surface area contributed by atoms with Crippen molar-refractivity contribution in [2.45, 2.75) is 6.54 Å². The number of carbonyl (C=O) groups excluding carboxylic acids is 1. The van der Waals surface area contributed by atoms with Crippen LogP contribution in [0.2, 0.25) is 0 Å². The molecule has 2 aromatic rings. The summed E-state index contributed by atoms with van der Waals surface area (Å²) in [4.78, 5) is 17.6. The summed E-state index contributed by atoms with van der Waals surface area (Å²) in [7, 11) is 3.03. The van der Waals surface area contributed by atoms with E-state index in [0.717, 1.165) is 5.69 Å². The Bertz CT molecular complexity index is 620. The topological polar surface area (TPSA) is 54.5 Å². The molecule has 1 aromatic heterocycles. The van der Waals surface area contributed by atoms with E-state index in [4.69, 9.17) is 4.74 Å². The van der Waals surface area contributed by atoms with Gasteiger partial charge in [0.25, 0.3) is 0 Å². The molecule has 5 nitrogen and oxygen atoms in total. The van der Waals surface area contributed by atoms with E-state index in [0.29, 0.717) is 12.2 Å². The van der Waals surface area contributed by atoms with Crippen LogP contribution >= 0.6 is 0 Å². The average molecular weight is 289 g/mol. The predicted molar refractivity (Wildman–Crippen MR) is 77.7 cm³/mol. The normalized spacial score (nSPS) is 10.0. The molecule has 0 fully saturated rings. The van der Waals surface area contributed by atoms with Crippen molar-refractivity contribution in [3.8, 4) is 5.75 Å². The summed E-state index contributed by atoms with van der Waals surface area (Å²) in [6.07, 6.45) is 1.67. The zero-order valence-electron chi connectivity index (χ0n) is 11.8. The lowest BCUT2D eigenvalue weighted by Gasteiger charge is -2.17. The van der Waals surface area contributed by atoms with Gasteiger partial charge < -0.3 is 15.0 Å². The summed E-state index contributed by atoms with van der Waals surface area (Å²) >= 11 is 0. The molecule has 0 aliphatic rings. The van der Waals surface area contributed by atoms with Gasteiger partial charge in [-0.3, -0.25) is 4.98 Å². The van der Waals surface area contributed by atoms with Crippen LogP contribution in [0.25, 0.3) is 0 Å². The average Bonchev–Trinajstić information content (AvgIpc) is 2.48. The summed E-state index contributed by atoms with van der Waals surface area (Å²) in [5, 5.41) is 2.62. The van der Waals surface area contributed by atoms with Gasteiger partial charge >= 0.3 is 6.03 Å². The van der Waals surface area contributed by atoms with E-state index in [-0.39, 0.29) is 11.8 Å². The summed E-state index contributed by atoms with van der Waals surface area (Å²) in [5.41, 5.74) is 1.14. The number of hydrogen-bond donors (Lipinski definition) is 1. The number of carbonyl (C=O) groups is 1. The van der Waals surface area contributed by atoms with E-state index < -0.39 is 5.82 Å². The van der Waals surface area contributed by atoms with Crippen LogP contribution in [0.4, 0.5) is 14.9 Å². The van der Waals surface area contributed by atoms with E-state index >= 15 is 0 Å². The molecule has 2 rings (SSSR count). The summed E-state index contributed by atoms with van der Waals surface area (Å²) in [5.74, 6) is -0.391. The fraction of sp³-hybridized carbons (Fsp3) is 0.200. The third-order valence-electron chi connectivity index (χ3n) is 2.88. The molecule has 2 amide bonds. The van der Waals surface area contributed by atoms with Gasteiger partial charge in [0.05, 0.1) is 19.3 Å². The predicted octanol–water partition coefficient (Wildman–Crippen LogP) is 2.89. The molecule has 0 bridgehead atoms. The molecule has 0 aliphatic carbocycles. The molecule has 1 aromatic carbocycles. The first kappa shape index (κ1) is 14.8. The van der Waals surface area contributed by atoms with Crippen LogP contribution in [0.5, 0.6) is 5.75 Å². The van der Waals surface area contributed by atoms with Crippen molar-refractivity contribution in [3.63, 3.8) is 0 Å². The third-order valence-corrected chi connectivity index (χ3v) is 2.88. The fourth-order valence-corrected chi connectivity index (χ4v) is 1.77. The maximum atomic E-state index is 13.5. The number of pyridine rings is 1. The molecule has 6 heteroatoms. The van der Waals surface area contributed by atoms with Crippen LogP contribution < -0.4 is 10.1 Å². The SMILES string of the molecule is COc1ccc(NC(=O)N(C)Cc2ccccn2)cc1F. The maximum absolute atomic E-state index is 13.5. The van der Waals surface area contributed by atoms with Gasteiger partial charge in [-0.15, -0.1) is 0 Å². The summed E-state index contributed by atoms with van der Waals surface area (Å²) in [6, 6.07) is 9.40. The highest BCUT2D eigenvalue weighted by Crippen LogP contribution is 2.20. The minimum absolute atomic E-state index is 0.134. The van der Waals surface area contributed by atoms with Crippen LogP contribution in [0.1, 0.15) is 5.69 Å². The van der Waals surface area contributed by atoms with Crippen molar-refractivity contribution in [1.29, 1.82) is 0 Å².